The van der Waals surface area contributed by atoms with Gasteiger partial charge in [0.05, 0.1) is 25.4 Å². The highest BCUT2D eigenvalue weighted by atomic mass is 16.4. The smallest absolute Gasteiger partial charge is 0.328 e. The van der Waals surface area contributed by atoms with Crippen LogP contribution in [0.2, 0.25) is 0 Å². The van der Waals surface area contributed by atoms with Gasteiger partial charge in [0.2, 0.25) is 29.5 Å². The average molecular weight is 591 g/mol. The number of aliphatic hydroxyl groups is 3. The Morgan fingerprint density at radius 3 is 1.51 bits per heavy atom. The molecule has 0 aliphatic heterocycles. The largest absolute Gasteiger partial charge is 0.480 e. The van der Waals surface area contributed by atoms with Crippen LogP contribution in [0.15, 0.2) is 0 Å². The predicted molar refractivity (Wildman–Crippen MR) is 146 cm³/mol. The molecule has 0 saturated heterocycles. The summed E-state index contributed by atoms with van der Waals surface area (Å²) in [7, 11) is 0. The number of hydrogen-bond acceptors (Lipinski definition) is 10. The van der Waals surface area contributed by atoms with Gasteiger partial charge in [0.1, 0.15) is 30.2 Å². The molecule has 0 aliphatic carbocycles. The van der Waals surface area contributed by atoms with Gasteiger partial charge in [-0.05, 0) is 38.5 Å². The first kappa shape index (κ1) is 37.7. The number of nitrogens with one attached hydrogen (secondary N) is 5. The molecule has 0 aromatic heterocycles. The summed E-state index contributed by atoms with van der Waals surface area (Å²) in [6.45, 7) is 7.97. The molecule has 0 unspecified atom stereocenters. The summed E-state index contributed by atoms with van der Waals surface area (Å²) < 4.78 is 0. The molecule has 0 bridgehead atoms. The lowest BCUT2D eigenvalue weighted by atomic mass is 10.0. The van der Waals surface area contributed by atoms with Crippen LogP contribution in [0.25, 0.3) is 0 Å². The molecule has 11 N–H and O–H groups in total. The molecular weight excluding hydrogens is 544 g/mol. The SMILES string of the molecule is CC(C)C[C@H](NC(=O)[C@H](CO)NC(=O)[C@@H](NC(=O)[C@@H](N)CC(C)C)[C@@H](C)O)C(=O)N[C@@H](C)C(=O)N[C@@H](CO)C(=O)O. The minimum atomic E-state index is -1.58. The molecule has 7 atom stereocenters. The molecule has 236 valence electrons. The maximum absolute atomic E-state index is 12.9. The van der Waals surface area contributed by atoms with E-state index in [1.807, 2.05) is 13.8 Å². The van der Waals surface area contributed by atoms with E-state index in [-0.39, 0.29) is 18.3 Å². The van der Waals surface area contributed by atoms with Crippen molar-refractivity contribution in [1.29, 1.82) is 0 Å². The number of aliphatic carboxylic acids is 1. The van der Waals surface area contributed by atoms with Crippen LogP contribution < -0.4 is 32.3 Å². The van der Waals surface area contributed by atoms with Crippen LogP contribution in [0.3, 0.4) is 0 Å². The van der Waals surface area contributed by atoms with Gasteiger partial charge in [-0.25, -0.2) is 4.79 Å². The van der Waals surface area contributed by atoms with Crippen LogP contribution in [0.5, 0.6) is 0 Å². The molecule has 0 aromatic rings. The number of aliphatic hydroxyl groups excluding tert-OH is 3. The molecule has 0 radical (unpaired) electrons. The monoisotopic (exact) mass is 590 g/mol. The van der Waals surface area contributed by atoms with Gasteiger partial charge in [0, 0.05) is 0 Å². The lowest BCUT2D eigenvalue weighted by Gasteiger charge is -2.27. The minimum Gasteiger partial charge on any atom is -0.480 e. The first-order valence-corrected chi connectivity index (χ1v) is 13.3. The highest BCUT2D eigenvalue weighted by Gasteiger charge is 2.33. The third kappa shape index (κ3) is 13.7. The van der Waals surface area contributed by atoms with Crippen LogP contribution in [-0.2, 0) is 28.8 Å². The number of carboxylic acids is 1. The van der Waals surface area contributed by atoms with Gasteiger partial charge in [0.25, 0.3) is 0 Å². The van der Waals surface area contributed by atoms with Gasteiger partial charge >= 0.3 is 5.97 Å². The number of carbonyl (C=O) groups excluding carboxylic acids is 5. The third-order valence-electron chi connectivity index (χ3n) is 5.83. The van der Waals surface area contributed by atoms with Crippen molar-refractivity contribution in [2.45, 2.75) is 96.7 Å². The fourth-order valence-electron chi connectivity index (χ4n) is 3.57. The summed E-state index contributed by atoms with van der Waals surface area (Å²) in [6, 6.07) is -8.06. The second kappa shape index (κ2) is 18.2. The second-order valence-electron chi connectivity index (χ2n) is 10.7. The molecule has 0 aromatic carbocycles. The average Bonchev–Trinajstić information content (AvgIpc) is 2.86. The molecule has 0 saturated carbocycles. The van der Waals surface area contributed by atoms with Gasteiger partial charge in [-0.15, -0.1) is 0 Å². The van der Waals surface area contributed by atoms with Gasteiger partial charge in [-0.2, -0.15) is 0 Å². The van der Waals surface area contributed by atoms with Gasteiger partial charge < -0.3 is 52.7 Å². The lowest BCUT2D eigenvalue weighted by Crippen LogP contribution is -2.61. The van der Waals surface area contributed by atoms with Crippen molar-refractivity contribution < 1.29 is 49.2 Å². The van der Waals surface area contributed by atoms with E-state index in [1.165, 1.54) is 13.8 Å². The first-order valence-electron chi connectivity index (χ1n) is 13.3. The molecule has 16 nitrogen and oxygen atoms in total. The summed E-state index contributed by atoms with van der Waals surface area (Å²) in [5, 5.41) is 49.3. The maximum atomic E-state index is 12.9. The predicted octanol–water partition coefficient (Wildman–Crippen LogP) is -3.70. The van der Waals surface area contributed by atoms with Crippen molar-refractivity contribution in [3.05, 3.63) is 0 Å². The molecule has 0 aliphatic rings. The number of carbonyl (C=O) groups is 6. The van der Waals surface area contributed by atoms with E-state index >= 15 is 0 Å². The van der Waals surface area contributed by atoms with Crippen LogP contribution >= 0.6 is 0 Å². The highest BCUT2D eigenvalue weighted by Crippen LogP contribution is 2.07. The Morgan fingerprint density at radius 2 is 1.07 bits per heavy atom. The van der Waals surface area contributed by atoms with E-state index in [0.29, 0.717) is 6.42 Å². The van der Waals surface area contributed by atoms with E-state index in [2.05, 4.69) is 26.6 Å². The Morgan fingerprint density at radius 1 is 0.610 bits per heavy atom. The standard InChI is InChI=1S/C25H46N6O10/c1-11(2)7-15(26)21(36)31-19(14(6)34)24(39)29-17(9-32)23(38)28-16(8-12(3)4)22(37)27-13(5)20(35)30-18(10-33)25(40)41/h11-19,32-34H,7-10,26H2,1-6H3,(H,27,37)(H,28,38)(H,29,39)(H,30,35)(H,31,36)(H,40,41)/t13-,14+,15-,16-,17-,18-,19-/m0/s1. The Bertz CT molecular complexity index is 913. The van der Waals surface area contributed by atoms with Crippen molar-refractivity contribution in [3.8, 4) is 0 Å². The van der Waals surface area contributed by atoms with Gasteiger partial charge in [-0.3, -0.25) is 24.0 Å². The van der Waals surface area contributed by atoms with Crippen LogP contribution in [-0.4, -0.2) is 112 Å². The maximum Gasteiger partial charge on any atom is 0.328 e. The number of rotatable bonds is 18. The van der Waals surface area contributed by atoms with E-state index in [0.717, 1.165) is 0 Å². The first-order chi connectivity index (χ1) is 18.9. The van der Waals surface area contributed by atoms with E-state index in [9.17, 15) is 39.0 Å². The third-order valence-corrected chi connectivity index (χ3v) is 5.83. The van der Waals surface area contributed by atoms with Gasteiger partial charge in [0.15, 0.2) is 0 Å². The van der Waals surface area contributed by atoms with Crippen LogP contribution in [0.4, 0.5) is 0 Å². The molecule has 5 amide bonds. The molecule has 0 heterocycles. The molecule has 0 spiro atoms. The molecule has 41 heavy (non-hydrogen) atoms. The zero-order valence-electron chi connectivity index (χ0n) is 24.3. The summed E-state index contributed by atoms with van der Waals surface area (Å²) in [6.07, 6.45) is -0.971. The summed E-state index contributed by atoms with van der Waals surface area (Å²) in [5.41, 5.74) is 5.83. The molecule has 0 fully saturated rings. The number of nitrogens with two attached hydrogens (primary N) is 1. The Hall–Kier alpha value is -3.34. The van der Waals surface area contributed by atoms with Gasteiger partial charge in [-0.1, -0.05) is 27.7 Å². The number of carboxylic acid groups (broad SMARTS) is 1. The summed E-state index contributed by atoms with van der Waals surface area (Å²) in [5.74, 6) is -5.84. The van der Waals surface area contributed by atoms with Crippen molar-refractivity contribution in [1.82, 2.24) is 26.6 Å². The molecule has 0 rings (SSSR count). The van der Waals surface area contributed by atoms with Crippen LogP contribution in [0, 0.1) is 11.8 Å². The van der Waals surface area contributed by atoms with E-state index < -0.39 is 91.1 Å². The Balaban J connectivity index is 5.50. The zero-order valence-corrected chi connectivity index (χ0v) is 24.3. The fraction of sp³-hybridized carbons (Fsp3) is 0.760. The number of amides is 5. The minimum absolute atomic E-state index is 0.0898. The fourth-order valence-corrected chi connectivity index (χ4v) is 3.57. The van der Waals surface area contributed by atoms with Crippen molar-refractivity contribution >= 4 is 35.5 Å². The normalized spacial score (nSPS) is 16.4. The van der Waals surface area contributed by atoms with Crippen molar-refractivity contribution in [3.63, 3.8) is 0 Å². The summed E-state index contributed by atoms with van der Waals surface area (Å²) >= 11 is 0. The topological polar surface area (TPSA) is 270 Å². The Kier molecular flexibility index (Phi) is 16.7. The highest BCUT2D eigenvalue weighted by molar-refractivity contribution is 5.96. The quantitative estimate of drug-likeness (QED) is 0.0742. The van der Waals surface area contributed by atoms with E-state index in [1.54, 1.807) is 13.8 Å². The zero-order chi connectivity index (χ0) is 32.0. The second-order valence-corrected chi connectivity index (χ2v) is 10.7. The van der Waals surface area contributed by atoms with Crippen molar-refractivity contribution in [2.24, 2.45) is 17.6 Å². The Labute approximate surface area is 239 Å². The van der Waals surface area contributed by atoms with Crippen molar-refractivity contribution in [2.75, 3.05) is 13.2 Å². The van der Waals surface area contributed by atoms with Crippen LogP contribution in [0.1, 0.15) is 54.4 Å². The molecular formula is C25H46N6O10. The molecule has 16 heteroatoms. The summed E-state index contributed by atoms with van der Waals surface area (Å²) in [4.78, 5) is 74.3. The van der Waals surface area contributed by atoms with E-state index in [4.69, 9.17) is 15.9 Å². The lowest BCUT2D eigenvalue weighted by molar-refractivity contribution is -0.143. The number of hydrogen-bond donors (Lipinski definition) is 10.